The van der Waals surface area contributed by atoms with Crippen LogP contribution in [0.5, 0.6) is 0 Å². The van der Waals surface area contributed by atoms with E-state index in [1.165, 1.54) is 0 Å². The summed E-state index contributed by atoms with van der Waals surface area (Å²) >= 11 is 0. The highest BCUT2D eigenvalue weighted by atomic mass is 15.4. The van der Waals surface area contributed by atoms with Gasteiger partial charge in [0.2, 0.25) is 0 Å². The first kappa shape index (κ1) is 11.4. The third-order valence-corrected chi connectivity index (χ3v) is 2.89. The molecule has 5 heteroatoms. The van der Waals surface area contributed by atoms with Crippen LogP contribution in [0.25, 0.3) is 17.1 Å². The Morgan fingerprint density at radius 3 is 2.63 bits per heavy atom. The van der Waals surface area contributed by atoms with E-state index in [4.69, 9.17) is 5.73 Å². The number of nitrogens with two attached hydrogens (primary N) is 1. The Morgan fingerprint density at radius 2 is 1.89 bits per heavy atom. The van der Waals surface area contributed by atoms with E-state index in [9.17, 15) is 0 Å². The quantitative estimate of drug-likeness (QED) is 0.758. The SMILES string of the molecule is Cc1cc(N)cnc1-c1cnnn1-c1ccccc1. The van der Waals surface area contributed by atoms with Gasteiger partial charge in [-0.25, -0.2) is 4.68 Å². The van der Waals surface area contributed by atoms with Crippen LogP contribution in [0.2, 0.25) is 0 Å². The van der Waals surface area contributed by atoms with Gasteiger partial charge in [0.1, 0.15) is 5.69 Å². The summed E-state index contributed by atoms with van der Waals surface area (Å²) in [5.74, 6) is 0. The molecule has 0 atom stereocenters. The predicted molar refractivity (Wildman–Crippen MR) is 73.7 cm³/mol. The van der Waals surface area contributed by atoms with Crippen molar-refractivity contribution >= 4 is 5.69 Å². The molecule has 3 rings (SSSR count). The van der Waals surface area contributed by atoms with Crippen LogP contribution in [0.1, 0.15) is 5.56 Å². The number of hydrogen-bond donors (Lipinski definition) is 1. The molecule has 3 aromatic rings. The van der Waals surface area contributed by atoms with E-state index in [1.807, 2.05) is 43.3 Å². The van der Waals surface area contributed by atoms with Crippen LogP contribution in [0.4, 0.5) is 5.69 Å². The lowest BCUT2D eigenvalue weighted by Crippen LogP contribution is -2.01. The summed E-state index contributed by atoms with van der Waals surface area (Å²) in [7, 11) is 0. The number of nitrogens with zero attached hydrogens (tertiary/aromatic N) is 4. The fourth-order valence-electron chi connectivity index (χ4n) is 2.02. The molecule has 0 unspecified atom stereocenters. The minimum absolute atomic E-state index is 0.653. The van der Waals surface area contributed by atoms with Gasteiger partial charge in [-0.05, 0) is 30.7 Å². The maximum absolute atomic E-state index is 5.73. The van der Waals surface area contributed by atoms with Crippen LogP contribution in [0.15, 0.2) is 48.8 Å². The molecule has 0 amide bonds. The van der Waals surface area contributed by atoms with Gasteiger partial charge in [-0.2, -0.15) is 0 Å². The van der Waals surface area contributed by atoms with Crippen LogP contribution in [0, 0.1) is 6.92 Å². The number of para-hydroxylation sites is 1. The van der Waals surface area contributed by atoms with Crippen molar-refractivity contribution < 1.29 is 0 Å². The molecule has 0 bridgehead atoms. The average molecular weight is 251 g/mol. The van der Waals surface area contributed by atoms with E-state index in [0.29, 0.717) is 5.69 Å². The van der Waals surface area contributed by atoms with E-state index in [2.05, 4.69) is 15.3 Å². The lowest BCUT2D eigenvalue weighted by Gasteiger charge is -2.08. The first-order chi connectivity index (χ1) is 9.25. The number of rotatable bonds is 2. The zero-order chi connectivity index (χ0) is 13.2. The third kappa shape index (κ3) is 2.06. The number of anilines is 1. The largest absolute Gasteiger partial charge is 0.397 e. The summed E-state index contributed by atoms with van der Waals surface area (Å²) in [6, 6.07) is 11.7. The van der Waals surface area contributed by atoms with Crippen molar-refractivity contribution in [3.63, 3.8) is 0 Å². The third-order valence-electron chi connectivity index (χ3n) is 2.89. The molecule has 0 aliphatic rings. The first-order valence-corrected chi connectivity index (χ1v) is 5.94. The number of benzene rings is 1. The highest BCUT2D eigenvalue weighted by Crippen LogP contribution is 2.23. The van der Waals surface area contributed by atoms with Gasteiger partial charge in [0.15, 0.2) is 0 Å². The lowest BCUT2D eigenvalue weighted by atomic mass is 10.1. The Kier molecular flexibility index (Phi) is 2.72. The normalized spacial score (nSPS) is 10.6. The van der Waals surface area contributed by atoms with Crippen LogP contribution < -0.4 is 5.73 Å². The second kappa shape index (κ2) is 4.53. The standard InChI is InChI=1S/C14H13N5/c1-10-7-11(15)8-16-14(10)13-9-17-18-19(13)12-5-3-2-4-6-12/h2-9H,15H2,1H3. The van der Waals surface area contributed by atoms with Gasteiger partial charge in [0.05, 0.1) is 29.5 Å². The molecule has 0 spiro atoms. The maximum atomic E-state index is 5.73. The van der Waals surface area contributed by atoms with Gasteiger partial charge < -0.3 is 5.73 Å². The summed E-state index contributed by atoms with van der Waals surface area (Å²) in [6.45, 7) is 1.97. The molecule has 2 N–H and O–H groups in total. The van der Waals surface area contributed by atoms with Crippen molar-refractivity contribution in [3.8, 4) is 17.1 Å². The second-order valence-electron chi connectivity index (χ2n) is 4.30. The van der Waals surface area contributed by atoms with Crippen molar-refractivity contribution in [2.24, 2.45) is 0 Å². The fraction of sp³-hybridized carbons (Fsp3) is 0.0714. The van der Waals surface area contributed by atoms with Crippen molar-refractivity contribution in [2.45, 2.75) is 6.92 Å². The molecular weight excluding hydrogens is 238 g/mol. The molecule has 0 radical (unpaired) electrons. The monoisotopic (exact) mass is 251 g/mol. The molecule has 2 aromatic heterocycles. The van der Waals surface area contributed by atoms with E-state index in [-0.39, 0.29) is 0 Å². The minimum atomic E-state index is 0.653. The van der Waals surface area contributed by atoms with Crippen molar-refractivity contribution in [2.75, 3.05) is 5.73 Å². The van der Waals surface area contributed by atoms with Crippen molar-refractivity contribution in [1.29, 1.82) is 0 Å². The maximum Gasteiger partial charge on any atom is 0.113 e. The molecule has 94 valence electrons. The highest BCUT2D eigenvalue weighted by Gasteiger charge is 2.12. The number of nitrogen functional groups attached to an aromatic ring is 1. The van der Waals surface area contributed by atoms with Crippen LogP contribution in [-0.2, 0) is 0 Å². The summed E-state index contributed by atoms with van der Waals surface area (Å²) in [6.07, 6.45) is 3.35. The molecule has 0 saturated carbocycles. The summed E-state index contributed by atoms with van der Waals surface area (Å²) in [5, 5.41) is 8.10. The Labute approximate surface area is 110 Å². The molecule has 0 fully saturated rings. The fourth-order valence-corrected chi connectivity index (χ4v) is 2.02. The van der Waals surface area contributed by atoms with Gasteiger partial charge in [-0.15, -0.1) is 5.10 Å². The molecular formula is C14H13N5. The topological polar surface area (TPSA) is 69.6 Å². The zero-order valence-electron chi connectivity index (χ0n) is 10.5. The van der Waals surface area contributed by atoms with Gasteiger partial charge in [-0.3, -0.25) is 4.98 Å². The average Bonchev–Trinajstić information content (AvgIpc) is 2.89. The van der Waals surface area contributed by atoms with Crippen LogP contribution in [-0.4, -0.2) is 20.0 Å². The second-order valence-corrected chi connectivity index (χ2v) is 4.30. The van der Waals surface area contributed by atoms with Crippen LogP contribution >= 0.6 is 0 Å². The Hall–Kier alpha value is -2.69. The molecule has 1 aromatic carbocycles. The number of pyridine rings is 1. The van der Waals surface area contributed by atoms with Gasteiger partial charge in [0, 0.05) is 0 Å². The van der Waals surface area contributed by atoms with E-state index in [1.54, 1.807) is 17.1 Å². The predicted octanol–water partition coefficient (Wildman–Crippen LogP) is 2.22. The molecule has 2 heterocycles. The molecule has 19 heavy (non-hydrogen) atoms. The number of aromatic nitrogens is 4. The van der Waals surface area contributed by atoms with Gasteiger partial charge >= 0.3 is 0 Å². The van der Waals surface area contributed by atoms with Crippen molar-refractivity contribution in [1.82, 2.24) is 20.0 Å². The summed E-state index contributed by atoms with van der Waals surface area (Å²) < 4.78 is 1.77. The van der Waals surface area contributed by atoms with Crippen LogP contribution in [0.3, 0.4) is 0 Å². The molecule has 0 saturated heterocycles. The molecule has 0 aliphatic heterocycles. The molecule has 0 aliphatic carbocycles. The Morgan fingerprint density at radius 1 is 1.11 bits per heavy atom. The van der Waals surface area contributed by atoms with E-state index in [0.717, 1.165) is 22.6 Å². The first-order valence-electron chi connectivity index (χ1n) is 5.94. The zero-order valence-corrected chi connectivity index (χ0v) is 10.5. The minimum Gasteiger partial charge on any atom is -0.397 e. The van der Waals surface area contributed by atoms with Gasteiger partial charge in [0.25, 0.3) is 0 Å². The Bertz CT molecular complexity index is 703. The van der Waals surface area contributed by atoms with Crippen molar-refractivity contribution in [3.05, 3.63) is 54.4 Å². The van der Waals surface area contributed by atoms with E-state index >= 15 is 0 Å². The smallest absolute Gasteiger partial charge is 0.113 e. The van der Waals surface area contributed by atoms with Gasteiger partial charge in [-0.1, -0.05) is 23.4 Å². The number of aryl methyl sites for hydroxylation is 1. The lowest BCUT2D eigenvalue weighted by molar-refractivity contribution is 0.806. The van der Waals surface area contributed by atoms with E-state index < -0.39 is 0 Å². The Balaban J connectivity index is 2.15. The molecule has 5 nitrogen and oxygen atoms in total. The number of hydrogen-bond acceptors (Lipinski definition) is 4. The highest BCUT2D eigenvalue weighted by molar-refractivity contribution is 5.62. The summed E-state index contributed by atoms with van der Waals surface area (Å²) in [4.78, 5) is 4.38. The summed E-state index contributed by atoms with van der Waals surface area (Å²) in [5.41, 5.74) is 10.0.